The molecule has 3 aromatic rings. The summed E-state index contributed by atoms with van der Waals surface area (Å²) in [6.07, 6.45) is 9.98. The maximum absolute atomic E-state index is 14.6. The summed E-state index contributed by atoms with van der Waals surface area (Å²) < 4.78 is 20.9. The number of carbonyl (C=O) groups is 1. The van der Waals surface area contributed by atoms with E-state index in [1.165, 1.54) is 16.7 Å². The van der Waals surface area contributed by atoms with E-state index in [0.29, 0.717) is 55.3 Å². The number of nitrogens with zero attached hydrogens (tertiary/aromatic N) is 1. The van der Waals surface area contributed by atoms with E-state index in [-0.39, 0.29) is 11.3 Å². The summed E-state index contributed by atoms with van der Waals surface area (Å²) in [5.74, 6) is 0.0499. The van der Waals surface area contributed by atoms with Crippen molar-refractivity contribution in [3.8, 4) is 5.75 Å². The topological polar surface area (TPSA) is 71.5 Å². The molecule has 3 aliphatic carbocycles. The Morgan fingerprint density at radius 1 is 1.17 bits per heavy atom. The van der Waals surface area contributed by atoms with Crippen molar-refractivity contribution in [1.29, 1.82) is 0 Å². The second-order valence-corrected chi connectivity index (χ2v) is 12.8. The molecular weight excluding hydrogens is 551 g/mol. The standard InChI is InChI=1S/C35H38ClFN2O3/c1-23-6-4-11-30-32(23)31(12-17-38-30)42-22-24(21-37)18-26-19-25-7-2-3-10-29(25)34(26)13-15-35(16-14-34,33(40)41)39-28-9-5-8-27(36)20-28/h2-3,5,7-10,12,17,19-20,23-24,39H,4,6,11,13-16,18,21-22H2,1H3,(H,40,41)/t23-,24+,34?,35?/m1/s1. The first-order valence-electron chi connectivity index (χ1n) is 15.1. The van der Waals surface area contributed by atoms with Crippen molar-refractivity contribution in [2.45, 2.75) is 75.2 Å². The molecule has 0 amide bonds. The molecule has 1 saturated carbocycles. The molecule has 0 saturated heterocycles. The fourth-order valence-corrected chi connectivity index (χ4v) is 7.68. The molecule has 1 aromatic heterocycles. The minimum atomic E-state index is -1.10. The summed E-state index contributed by atoms with van der Waals surface area (Å²) in [6.45, 7) is 2.02. The first-order chi connectivity index (χ1) is 20.3. The Morgan fingerprint density at radius 2 is 1.98 bits per heavy atom. The van der Waals surface area contributed by atoms with Crippen molar-refractivity contribution >= 4 is 29.3 Å². The van der Waals surface area contributed by atoms with Crippen LogP contribution in [0.1, 0.15) is 80.2 Å². The number of anilines is 1. The molecule has 2 N–H and O–H groups in total. The number of carboxylic acid groups (broad SMARTS) is 1. The number of hydrogen-bond donors (Lipinski definition) is 2. The zero-order valence-electron chi connectivity index (χ0n) is 24.0. The molecule has 3 aliphatic rings. The Hall–Kier alpha value is -3.38. The number of alkyl halides is 1. The zero-order chi connectivity index (χ0) is 29.3. The number of ether oxygens (including phenoxy) is 1. The normalized spacial score (nSPS) is 25.3. The van der Waals surface area contributed by atoms with Gasteiger partial charge in [0, 0.05) is 39.5 Å². The lowest BCUT2D eigenvalue weighted by Crippen LogP contribution is -2.52. The van der Waals surface area contributed by atoms with Crippen molar-refractivity contribution in [1.82, 2.24) is 4.98 Å². The highest BCUT2D eigenvalue weighted by atomic mass is 35.5. The average molecular weight is 589 g/mol. The highest BCUT2D eigenvalue weighted by Crippen LogP contribution is 2.55. The molecule has 2 atom stereocenters. The summed E-state index contributed by atoms with van der Waals surface area (Å²) in [5.41, 5.74) is 5.11. The van der Waals surface area contributed by atoms with Crippen molar-refractivity contribution in [2.24, 2.45) is 5.92 Å². The summed E-state index contributed by atoms with van der Waals surface area (Å²) in [4.78, 5) is 17.3. The summed E-state index contributed by atoms with van der Waals surface area (Å²) in [5, 5.41) is 14.3. The van der Waals surface area contributed by atoms with Crippen LogP contribution >= 0.6 is 11.6 Å². The second kappa shape index (κ2) is 11.7. The maximum Gasteiger partial charge on any atom is 0.329 e. The van der Waals surface area contributed by atoms with Gasteiger partial charge in [0.05, 0.1) is 13.3 Å². The lowest BCUT2D eigenvalue weighted by molar-refractivity contribution is -0.143. The molecule has 1 spiro atoms. The van der Waals surface area contributed by atoms with Gasteiger partial charge in [-0.3, -0.25) is 9.37 Å². The van der Waals surface area contributed by atoms with Gasteiger partial charge in [0.1, 0.15) is 11.3 Å². The monoisotopic (exact) mass is 588 g/mol. The van der Waals surface area contributed by atoms with E-state index < -0.39 is 18.2 Å². The van der Waals surface area contributed by atoms with E-state index in [1.54, 1.807) is 18.3 Å². The van der Waals surface area contributed by atoms with Crippen LogP contribution in [0.2, 0.25) is 5.02 Å². The molecule has 0 aliphatic heterocycles. The third kappa shape index (κ3) is 5.30. The third-order valence-electron chi connectivity index (χ3n) is 9.77. The number of halogens is 2. The highest BCUT2D eigenvalue weighted by molar-refractivity contribution is 6.30. The average Bonchev–Trinajstić information content (AvgIpc) is 3.28. The molecule has 1 heterocycles. The predicted octanol–water partition coefficient (Wildman–Crippen LogP) is 8.37. The van der Waals surface area contributed by atoms with Crippen LogP contribution in [0.15, 0.2) is 66.4 Å². The number of pyridine rings is 1. The van der Waals surface area contributed by atoms with Crippen LogP contribution in [0.25, 0.3) is 6.08 Å². The van der Waals surface area contributed by atoms with E-state index >= 15 is 0 Å². The number of allylic oxidation sites excluding steroid dienone is 1. The molecule has 42 heavy (non-hydrogen) atoms. The zero-order valence-corrected chi connectivity index (χ0v) is 24.8. The lowest BCUT2D eigenvalue weighted by Gasteiger charge is -2.46. The molecule has 0 radical (unpaired) electrons. The van der Waals surface area contributed by atoms with Crippen LogP contribution < -0.4 is 10.1 Å². The Morgan fingerprint density at radius 3 is 2.74 bits per heavy atom. The van der Waals surface area contributed by atoms with Gasteiger partial charge in [-0.15, -0.1) is 0 Å². The Kier molecular flexibility index (Phi) is 8.01. The number of rotatable bonds is 9. The van der Waals surface area contributed by atoms with Crippen molar-refractivity contribution in [2.75, 3.05) is 18.6 Å². The van der Waals surface area contributed by atoms with Crippen LogP contribution in [-0.2, 0) is 16.6 Å². The maximum atomic E-state index is 14.6. The SMILES string of the molecule is C[C@@H]1CCCc2nccc(OC[C@H](CF)CC3=Cc4ccccc4C34CCC(Nc3cccc(Cl)c3)(C(=O)O)CC4)c21. The van der Waals surface area contributed by atoms with Crippen molar-refractivity contribution in [3.05, 3.63) is 93.8 Å². The molecule has 0 bridgehead atoms. The smallest absolute Gasteiger partial charge is 0.329 e. The molecular formula is C35H38ClFN2O3. The number of fused-ring (bicyclic) bond motifs is 3. The predicted molar refractivity (Wildman–Crippen MR) is 165 cm³/mol. The molecule has 1 fully saturated rings. The number of hydrogen-bond acceptors (Lipinski definition) is 4. The first kappa shape index (κ1) is 28.7. The van der Waals surface area contributed by atoms with Gasteiger partial charge in [-0.2, -0.15) is 0 Å². The van der Waals surface area contributed by atoms with Crippen molar-refractivity contribution < 1.29 is 19.0 Å². The van der Waals surface area contributed by atoms with Crippen LogP contribution in [0.3, 0.4) is 0 Å². The van der Waals surface area contributed by atoms with Gasteiger partial charge >= 0.3 is 5.97 Å². The minimum absolute atomic E-state index is 0.291. The largest absolute Gasteiger partial charge is 0.493 e. The minimum Gasteiger partial charge on any atom is -0.493 e. The van der Waals surface area contributed by atoms with Gasteiger partial charge in [-0.05, 0) is 92.7 Å². The summed E-state index contributed by atoms with van der Waals surface area (Å²) in [6, 6.07) is 17.5. The van der Waals surface area contributed by atoms with Gasteiger partial charge < -0.3 is 15.2 Å². The number of benzene rings is 2. The molecule has 6 rings (SSSR count). The van der Waals surface area contributed by atoms with Gasteiger partial charge in [0.25, 0.3) is 0 Å². The fourth-order valence-electron chi connectivity index (χ4n) is 7.49. The van der Waals surface area contributed by atoms with E-state index in [1.807, 2.05) is 30.3 Å². The molecule has 7 heteroatoms. The lowest BCUT2D eigenvalue weighted by atomic mass is 9.61. The Labute approximate surface area is 252 Å². The number of aryl methyl sites for hydroxylation is 1. The number of carboxylic acids is 1. The van der Waals surface area contributed by atoms with E-state index in [4.69, 9.17) is 16.3 Å². The van der Waals surface area contributed by atoms with Gasteiger partial charge in [0.15, 0.2) is 0 Å². The molecule has 2 aromatic carbocycles. The Bertz CT molecular complexity index is 1500. The van der Waals surface area contributed by atoms with E-state index in [2.05, 4.69) is 35.4 Å². The van der Waals surface area contributed by atoms with Crippen LogP contribution in [0, 0.1) is 5.92 Å². The first-order valence-corrected chi connectivity index (χ1v) is 15.5. The van der Waals surface area contributed by atoms with Gasteiger partial charge in [-0.25, -0.2) is 4.79 Å². The van der Waals surface area contributed by atoms with Crippen molar-refractivity contribution in [3.63, 3.8) is 0 Å². The number of aliphatic carboxylic acids is 1. The molecule has 0 unspecified atom stereocenters. The second-order valence-electron chi connectivity index (χ2n) is 12.4. The quantitative estimate of drug-likeness (QED) is 0.263. The highest BCUT2D eigenvalue weighted by Gasteiger charge is 2.51. The fraction of sp³-hybridized carbons (Fsp3) is 0.429. The van der Waals surface area contributed by atoms with Gasteiger partial charge in [0.2, 0.25) is 0 Å². The van der Waals surface area contributed by atoms with Gasteiger partial charge in [-0.1, -0.05) is 60.5 Å². The molecule has 220 valence electrons. The third-order valence-corrected chi connectivity index (χ3v) is 10.0. The Balaban J connectivity index is 1.22. The van der Waals surface area contributed by atoms with E-state index in [0.717, 1.165) is 36.3 Å². The van der Waals surface area contributed by atoms with Crippen LogP contribution in [0.4, 0.5) is 10.1 Å². The summed E-state index contributed by atoms with van der Waals surface area (Å²) >= 11 is 6.19. The number of nitrogens with one attached hydrogen (secondary N) is 1. The summed E-state index contributed by atoms with van der Waals surface area (Å²) in [7, 11) is 0. The molecule has 5 nitrogen and oxygen atoms in total. The van der Waals surface area contributed by atoms with E-state index in [9.17, 15) is 14.3 Å². The number of aromatic nitrogens is 1. The van der Waals surface area contributed by atoms with Crippen LogP contribution in [-0.4, -0.2) is 34.9 Å². The van der Waals surface area contributed by atoms with Crippen LogP contribution in [0.5, 0.6) is 5.75 Å².